The van der Waals surface area contributed by atoms with Gasteiger partial charge in [0.2, 0.25) is 5.91 Å². The van der Waals surface area contributed by atoms with Crippen molar-refractivity contribution >= 4 is 11.6 Å². The van der Waals surface area contributed by atoms with Crippen LogP contribution in [0.3, 0.4) is 0 Å². The molecular weight excluding hydrogens is 436 g/mol. The summed E-state index contributed by atoms with van der Waals surface area (Å²) in [7, 11) is 0. The van der Waals surface area contributed by atoms with Crippen molar-refractivity contribution in [2.45, 2.75) is 56.5 Å². The number of carbonyl (C=O) groups is 1. The summed E-state index contributed by atoms with van der Waals surface area (Å²) in [6.45, 7) is 2.14. The Kier molecular flexibility index (Phi) is 6.60. The minimum absolute atomic E-state index is 0.170. The van der Waals surface area contributed by atoms with Gasteiger partial charge in [0.1, 0.15) is 0 Å². The summed E-state index contributed by atoms with van der Waals surface area (Å²) in [6, 6.07) is 11.4. The molecule has 1 N–H and O–H groups in total. The van der Waals surface area contributed by atoms with Crippen molar-refractivity contribution < 1.29 is 36.2 Å². The van der Waals surface area contributed by atoms with Crippen LogP contribution in [-0.4, -0.2) is 29.9 Å². The molecule has 3 nitrogen and oxygen atoms in total. The Bertz CT molecular complexity index is 941. The summed E-state index contributed by atoms with van der Waals surface area (Å²) in [6.07, 6.45) is -10.2. The molecule has 2 aromatic rings. The number of benzene rings is 2. The van der Waals surface area contributed by atoms with Crippen LogP contribution in [0.15, 0.2) is 48.5 Å². The zero-order valence-corrected chi connectivity index (χ0v) is 17.3. The predicted molar refractivity (Wildman–Crippen MR) is 107 cm³/mol. The first kappa shape index (κ1) is 24.1. The first-order valence-electron chi connectivity index (χ1n) is 10.3. The van der Waals surface area contributed by atoms with E-state index in [9.17, 15) is 36.2 Å². The number of halogens is 6. The largest absolute Gasteiger partial charge is 0.430 e. The van der Waals surface area contributed by atoms with E-state index in [1.54, 1.807) is 24.3 Å². The van der Waals surface area contributed by atoms with E-state index < -0.39 is 29.4 Å². The van der Waals surface area contributed by atoms with E-state index in [1.165, 1.54) is 4.90 Å². The lowest BCUT2D eigenvalue weighted by Gasteiger charge is -2.34. The van der Waals surface area contributed by atoms with Crippen molar-refractivity contribution in [3.8, 4) is 0 Å². The molecule has 0 fully saturated rings. The summed E-state index contributed by atoms with van der Waals surface area (Å²) in [5, 5.41) is 9.75. The van der Waals surface area contributed by atoms with Crippen LogP contribution in [-0.2, 0) is 16.8 Å². The molecule has 1 amide bonds. The van der Waals surface area contributed by atoms with Crippen molar-refractivity contribution in [1.82, 2.24) is 0 Å². The lowest BCUT2D eigenvalue weighted by Crippen LogP contribution is -2.54. The van der Waals surface area contributed by atoms with E-state index in [-0.39, 0.29) is 23.6 Å². The first-order valence-corrected chi connectivity index (χ1v) is 10.3. The Morgan fingerprint density at radius 1 is 1.00 bits per heavy atom. The van der Waals surface area contributed by atoms with Crippen LogP contribution in [0.1, 0.15) is 48.8 Å². The maximum atomic E-state index is 13.4. The third-order valence-corrected chi connectivity index (χ3v) is 5.86. The van der Waals surface area contributed by atoms with Crippen LogP contribution in [0, 0.1) is 0 Å². The molecule has 1 unspecified atom stereocenters. The minimum atomic E-state index is -5.96. The third kappa shape index (κ3) is 4.22. The van der Waals surface area contributed by atoms with Gasteiger partial charge in [-0.15, -0.1) is 0 Å². The minimum Gasteiger partial charge on any atom is -0.369 e. The number of fused-ring (bicyclic) bond motifs is 1. The van der Waals surface area contributed by atoms with Crippen molar-refractivity contribution in [2.75, 3.05) is 11.4 Å². The van der Waals surface area contributed by atoms with Crippen LogP contribution in [0.4, 0.5) is 32.0 Å². The molecule has 2 aromatic carbocycles. The first-order chi connectivity index (χ1) is 14.9. The molecule has 0 aliphatic carbocycles. The third-order valence-electron chi connectivity index (χ3n) is 5.86. The summed E-state index contributed by atoms with van der Waals surface area (Å²) >= 11 is 0. The van der Waals surface area contributed by atoms with Crippen molar-refractivity contribution in [3.05, 3.63) is 65.2 Å². The van der Waals surface area contributed by atoms with E-state index >= 15 is 0 Å². The fourth-order valence-corrected chi connectivity index (χ4v) is 4.12. The molecule has 174 valence electrons. The number of aryl methyl sites for hydroxylation is 1. The summed E-state index contributed by atoms with van der Waals surface area (Å²) < 4.78 is 79.8. The molecule has 0 saturated heterocycles. The maximum Gasteiger partial charge on any atom is 0.430 e. The molecule has 0 radical (unpaired) electrons. The second-order valence-corrected chi connectivity index (χ2v) is 7.87. The zero-order valence-electron chi connectivity index (χ0n) is 17.3. The van der Waals surface area contributed by atoms with Crippen LogP contribution < -0.4 is 4.90 Å². The van der Waals surface area contributed by atoms with E-state index in [2.05, 4.69) is 0 Å². The van der Waals surface area contributed by atoms with Crippen LogP contribution in [0.2, 0.25) is 0 Å². The zero-order chi connectivity index (χ0) is 23.7. The average Bonchev–Trinajstić information content (AvgIpc) is 2.94. The molecule has 0 bridgehead atoms. The molecular formula is C23H23F6NO2. The van der Waals surface area contributed by atoms with E-state index in [0.29, 0.717) is 31.9 Å². The molecule has 1 heterocycles. The van der Waals surface area contributed by atoms with Crippen LogP contribution >= 0.6 is 0 Å². The number of alkyl halides is 6. The van der Waals surface area contributed by atoms with Crippen molar-refractivity contribution in [2.24, 2.45) is 0 Å². The van der Waals surface area contributed by atoms with Crippen LogP contribution in [0.5, 0.6) is 0 Å². The van der Waals surface area contributed by atoms with E-state index in [0.717, 1.165) is 17.7 Å². The molecule has 1 aliphatic rings. The number of hydrogen-bond acceptors (Lipinski definition) is 2. The Morgan fingerprint density at radius 2 is 1.62 bits per heavy atom. The van der Waals surface area contributed by atoms with Crippen molar-refractivity contribution in [3.63, 3.8) is 0 Å². The number of anilines is 1. The van der Waals surface area contributed by atoms with E-state index in [4.69, 9.17) is 0 Å². The lowest BCUT2D eigenvalue weighted by atomic mass is 9.89. The standard InChI is InChI=1S/C23H23F6NO2/c1-2-18(15-8-4-3-5-9-15)20(31)30-13-7-6-10-16-14-17(11-12-19(16)30)21(32,22(24,25)26)23(27,28)29/h3-5,8-9,11-12,14,18,32H,2,6-7,10,13H2,1H3. The fourth-order valence-electron chi connectivity index (χ4n) is 4.12. The number of rotatable bonds is 4. The summed E-state index contributed by atoms with van der Waals surface area (Å²) in [5.41, 5.74) is -5.07. The highest BCUT2D eigenvalue weighted by molar-refractivity contribution is 5.98. The molecule has 1 atom stereocenters. The van der Waals surface area contributed by atoms with Gasteiger partial charge in [0.05, 0.1) is 5.92 Å². The Labute approximate surface area is 181 Å². The molecule has 0 spiro atoms. The Hall–Kier alpha value is -2.55. The van der Waals surface area contributed by atoms with Gasteiger partial charge in [0.15, 0.2) is 0 Å². The Balaban J connectivity index is 2.06. The van der Waals surface area contributed by atoms with Gasteiger partial charge in [-0.05, 0) is 42.9 Å². The second kappa shape index (κ2) is 8.77. The molecule has 0 aromatic heterocycles. The average molecular weight is 459 g/mol. The molecule has 3 rings (SSSR count). The number of amides is 1. The number of nitrogens with zero attached hydrogens (tertiary/aromatic N) is 1. The summed E-state index contributed by atoms with van der Waals surface area (Å²) in [5.74, 6) is -0.763. The molecule has 9 heteroatoms. The normalized spacial score (nSPS) is 16.3. The van der Waals surface area contributed by atoms with Gasteiger partial charge in [-0.25, -0.2) is 0 Å². The highest BCUT2D eigenvalue weighted by Crippen LogP contribution is 2.50. The molecule has 1 aliphatic heterocycles. The van der Waals surface area contributed by atoms with Gasteiger partial charge in [0.25, 0.3) is 5.60 Å². The highest BCUT2D eigenvalue weighted by Gasteiger charge is 2.71. The topological polar surface area (TPSA) is 40.5 Å². The number of carbonyl (C=O) groups excluding carboxylic acids is 1. The van der Waals surface area contributed by atoms with Gasteiger partial charge < -0.3 is 10.0 Å². The number of hydrogen-bond donors (Lipinski definition) is 1. The monoisotopic (exact) mass is 459 g/mol. The van der Waals surface area contributed by atoms with Crippen molar-refractivity contribution in [1.29, 1.82) is 0 Å². The summed E-state index contributed by atoms with van der Waals surface area (Å²) in [4.78, 5) is 14.8. The smallest absolute Gasteiger partial charge is 0.369 e. The van der Waals surface area contributed by atoms with E-state index in [1.807, 2.05) is 13.0 Å². The van der Waals surface area contributed by atoms with Gasteiger partial charge in [0, 0.05) is 17.8 Å². The second-order valence-electron chi connectivity index (χ2n) is 7.87. The van der Waals surface area contributed by atoms with Gasteiger partial charge in [-0.2, -0.15) is 26.3 Å². The van der Waals surface area contributed by atoms with Gasteiger partial charge in [-0.3, -0.25) is 4.79 Å². The quantitative estimate of drug-likeness (QED) is 0.582. The van der Waals surface area contributed by atoms with Crippen LogP contribution in [0.25, 0.3) is 0 Å². The fraction of sp³-hybridized carbons (Fsp3) is 0.435. The highest BCUT2D eigenvalue weighted by atomic mass is 19.4. The number of aliphatic hydroxyl groups is 1. The van der Waals surface area contributed by atoms with Gasteiger partial charge in [-0.1, -0.05) is 49.4 Å². The van der Waals surface area contributed by atoms with Gasteiger partial charge >= 0.3 is 12.4 Å². The maximum absolute atomic E-state index is 13.4. The Morgan fingerprint density at radius 3 is 2.19 bits per heavy atom. The molecule has 32 heavy (non-hydrogen) atoms. The predicted octanol–water partition coefficient (Wildman–Crippen LogP) is 5.86. The SMILES string of the molecule is CCC(C(=O)N1CCCCc2cc(C(O)(C(F)(F)F)C(F)(F)F)ccc21)c1ccccc1. The lowest BCUT2D eigenvalue weighted by molar-refractivity contribution is -0.376. The molecule has 0 saturated carbocycles.